The summed E-state index contributed by atoms with van der Waals surface area (Å²) in [5.74, 6) is 0.326. The Morgan fingerprint density at radius 3 is 1.85 bits per heavy atom. The molecule has 0 bridgehead atoms. The number of benzene rings is 2. The number of nitrogens with zero attached hydrogens (tertiary/aromatic N) is 4. The Bertz CT molecular complexity index is 1140. The summed E-state index contributed by atoms with van der Waals surface area (Å²) < 4.78 is 33.1. The van der Waals surface area contributed by atoms with Gasteiger partial charge >= 0.3 is 0 Å². The molecule has 0 spiro atoms. The van der Waals surface area contributed by atoms with Crippen LogP contribution in [-0.2, 0) is 4.79 Å². The van der Waals surface area contributed by atoms with E-state index >= 15 is 0 Å². The fraction of sp³-hybridized carbons (Fsp3) is 0.346. The summed E-state index contributed by atoms with van der Waals surface area (Å²) in [5, 5.41) is 0. The predicted molar refractivity (Wildman–Crippen MR) is 128 cm³/mol. The summed E-state index contributed by atoms with van der Waals surface area (Å²) in [5.41, 5.74) is 2.43. The van der Waals surface area contributed by atoms with Gasteiger partial charge < -0.3 is 14.5 Å². The molecule has 0 radical (unpaired) electrons. The highest BCUT2D eigenvalue weighted by molar-refractivity contribution is 5.81. The molecular weight excluding hydrogens is 438 g/mol. The number of piperazine rings is 1. The minimum Gasteiger partial charge on any atom is -0.475 e. The van der Waals surface area contributed by atoms with Gasteiger partial charge in [-0.3, -0.25) is 4.79 Å². The van der Waals surface area contributed by atoms with Gasteiger partial charge in [0.1, 0.15) is 17.3 Å². The summed E-state index contributed by atoms with van der Waals surface area (Å²) >= 11 is 0. The zero-order chi connectivity index (χ0) is 24.2. The first-order valence-corrected chi connectivity index (χ1v) is 11.5. The van der Waals surface area contributed by atoms with Gasteiger partial charge in [0.25, 0.3) is 5.88 Å². The van der Waals surface area contributed by atoms with Crippen LogP contribution in [0.15, 0.2) is 48.5 Å². The SMILES string of the molecule is CCOc1nc(-c2ccc(F)cc2)c(-c2ccc(F)cc2)nc1N1CCN(C(=O)C(C)C)CC1. The molecule has 1 saturated heterocycles. The summed E-state index contributed by atoms with van der Waals surface area (Å²) in [6.45, 7) is 8.40. The van der Waals surface area contributed by atoms with Crippen molar-refractivity contribution in [3.05, 3.63) is 60.2 Å². The monoisotopic (exact) mass is 466 g/mol. The molecule has 178 valence electrons. The standard InChI is InChI=1S/C26H28F2N4O2/c1-4-34-25-24(31-13-15-32(16-14-31)26(33)17(2)3)29-22(18-5-9-20(27)10-6-18)23(30-25)19-7-11-21(28)12-8-19/h5-12,17H,4,13-16H2,1-3H3. The van der Waals surface area contributed by atoms with E-state index in [0.717, 1.165) is 0 Å². The Labute approximate surface area is 198 Å². The van der Waals surface area contributed by atoms with Crippen LogP contribution >= 0.6 is 0 Å². The topological polar surface area (TPSA) is 58.6 Å². The van der Waals surface area contributed by atoms with Gasteiger partial charge in [0.2, 0.25) is 5.91 Å². The zero-order valence-electron chi connectivity index (χ0n) is 19.6. The van der Waals surface area contributed by atoms with Crippen LogP contribution in [0.5, 0.6) is 5.88 Å². The van der Waals surface area contributed by atoms with Gasteiger partial charge in [0.05, 0.1) is 12.3 Å². The second-order valence-corrected chi connectivity index (χ2v) is 8.46. The highest BCUT2D eigenvalue weighted by atomic mass is 19.1. The van der Waals surface area contributed by atoms with Crippen molar-refractivity contribution >= 4 is 11.7 Å². The maximum absolute atomic E-state index is 13.6. The first-order valence-electron chi connectivity index (χ1n) is 11.5. The number of hydrogen-bond acceptors (Lipinski definition) is 5. The molecule has 1 aromatic heterocycles. The Morgan fingerprint density at radius 2 is 1.38 bits per heavy atom. The number of anilines is 1. The molecule has 1 aliphatic rings. The summed E-state index contributed by atoms with van der Waals surface area (Å²) in [7, 11) is 0. The third-order valence-corrected chi connectivity index (χ3v) is 5.75. The van der Waals surface area contributed by atoms with Crippen LogP contribution in [-0.4, -0.2) is 53.6 Å². The minimum absolute atomic E-state index is 0.0506. The second kappa shape index (κ2) is 10.2. The number of carbonyl (C=O) groups is 1. The van der Waals surface area contributed by atoms with Crippen LogP contribution in [0.4, 0.5) is 14.6 Å². The van der Waals surface area contributed by atoms with Gasteiger partial charge in [-0.1, -0.05) is 13.8 Å². The van der Waals surface area contributed by atoms with E-state index in [4.69, 9.17) is 14.7 Å². The van der Waals surface area contributed by atoms with Crippen LogP contribution in [0, 0.1) is 17.6 Å². The average molecular weight is 467 g/mol. The molecule has 6 nitrogen and oxygen atoms in total. The fourth-order valence-corrected chi connectivity index (χ4v) is 3.97. The van der Waals surface area contributed by atoms with E-state index in [0.29, 0.717) is 67.0 Å². The van der Waals surface area contributed by atoms with E-state index in [1.165, 1.54) is 24.3 Å². The van der Waals surface area contributed by atoms with E-state index in [2.05, 4.69) is 4.90 Å². The maximum atomic E-state index is 13.6. The van der Waals surface area contributed by atoms with Crippen molar-refractivity contribution in [1.82, 2.24) is 14.9 Å². The van der Waals surface area contributed by atoms with Crippen LogP contribution < -0.4 is 9.64 Å². The molecule has 1 fully saturated rings. The largest absolute Gasteiger partial charge is 0.475 e. The number of halogens is 2. The van der Waals surface area contributed by atoms with Gasteiger partial charge in [-0.25, -0.2) is 18.7 Å². The van der Waals surface area contributed by atoms with Crippen molar-refractivity contribution in [1.29, 1.82) is 0 Å². The van der Waals surface area contributed by atoms with Gasteiger partial charge in [0.15, 0.2) is 5.82 Å². The molecule has 2 aromatic carbocycles. The van der Waals surface area contributed by atoms with Crippen molar-refractivity contribution in [3.8, 4) is 28.4 Å². The number of amides is 1. The van der Waals surface area contributed by atoms with Crippen LogP contribution in [0.2, 0.25) is 0 Å². The number of hydrogen-bond donors (Lipinski definition) is 0. The van der Waals surface area contributed by atoms with Gasteiger partial charge in [-0.2, -0.15) is 0 Å². The molecular formula is C26H28F2N4O2. The van der Waals surface area contributed by atoms with E-state index in [1.807, 2.05) is 25.7 Å². The highest BCUT2D eigenvalue weighted by Crippen LogP contribution is 2.36. The van der Waals surface area contributed by atoms with Crippen molar-refractivity contribution in [3.63, 3.8) is 0 Å². The summed E-state index contributed by atoms with van der Waals surface area (Å²) in [6, 6.07) is 12.0. The lowest BCUT2D eigenvalue weighted by atomic mass is 10.0. The van der Waals surface area contributed by atoms with Crippen LogP contribution in [0.25, 0.3) is 22.5 Å². The lowest BCUT2D eigenvalue weighted by Gasteiger charge is -2.36. The molecule has 1 aliphatic heterocycles. The van der Waals surface area contributed by atoms with Gasteiger partial charge in [-0.15, -0.1) is 0 Å². The quantitative estimate of drug-likeness (QED) is 0.523. The Hall–Kier alpha value is -3.55. The summed E-state index contributed by atoms with van der Waals surface area (Å²) in [6.07, 6.45) is 0. The first-order chi connectivity index (χ1) is 16.4. The molecule has 3 aromatic rings. The Morgan fingerprint density at radius 1 is 0.882 bits per heavy atom. The number of carbonyl (C=O) groups excluding carboxylic acids is 1. The number of aromatic nitrogens is 2. The van der Waals surface area contributed by atoms with E-state index < -0.39 is 0 Å². The van der Waals surface area contributed by atoms with E-state index in [9.17, 15) is 13.6 Å². The first kappa shape index (κ1) is 23.6. The second-order valence-electron chi connectivity index (χ2n) is 8.46. The smallest absolute Gasteiger partial charge is 0.258 e. The third kappa shape index (κ3) is 5.00. The lowest BCUT2D eigenvalue weighted by molar-refractivity contribution is -0.134. The predicted octanol–water partition coefficient (Wildman–Crippen LogP) is 4.79. The molecule has 0 atom stereocenters. The molecule has 8 heteroatoms. The van der Waals surface area contributed by atoms with E-state index in [1.54, 1.807) is 24.3 Å². The highest BCUT2D eigenvalue weighted by Gasteiger charge is 2.27. The molecule has 0 saturated carbocycles. The molecule has 2 heterocycles. The summed E-state index contributed by atoms with van der Waals surface area (Å²) in [4.78, 5) is 26.1. The average Bonchev–Trinajstić information content (AvgIpc) is 2.85. The number of rotatable bonds is 6. The Balaban J connectivity index is 1.77. The van der Waals surface area contributed by atoms with Crippen molar-refractivity contribution in [2.75, 3.05) is 37.7 Å². The zero-order valence-corrected chi connectivity index (χ0v) is 19.6. The maximum Gasteiger partial charge on any atom is 0.258 e. The molecule has 34 heavy (non-hydrogen) atoms. The van der Waals surface area contributed by atoms with Crippen LogP contribution in [0.3, 0.4) is 0 Å². The fourth-order valence-electron chi connectivity index (χ4n) is 3.97. The molecule has 1 amide bonds. The van der Waals surface area contributed by atoms with Crippen molar-refractivity contribution in [2.24, 2.45) is 5.92 Å². The number of ether oxygens (including phenoxy) is 1. The Kier molecular flexibility index (Phi) is 7.05. The van der Waals surface area contributed by atoms with Gasteiger partial charge in [0, 0.05) is 43.2 Å². The van der Waals surface area contributed by atoms with Crippen molar-refractivity contribution < 1.29 is 18.3 Å². The molecule has 4 rings (SSSR count). The minimum atomic E-state index is -0.351. The molecule has 0 aliphatic carbocycles. The lowest BCUT2D eigenvalue weighted by Crippen LogP contribution is -2.50. The molecule has 0 N–H and O–H groups in total. The van der Waals surface area contributed by atoms with Gasteiger partial charge in [-0.05, 0) is 55.5 Å². The van der Waals surface area contributed by atoms with Crippen LogP contribution in [0.1, 0.15) is 20.8 Å². The molecule has 0 unspecified atom stereocenters. The third-order valence-electron chi connectivity index (χ3n) is 5.75. The normalized spacial score (nSPS) is 13.9. The van der Waals surface area contributed by atoms with Crippen molar-refractivity contribution in [2.45, 2.75) is 20.8 Å². The van der Waals surface area contributed by atoms with E-state index in [-0.39, 0.29) is 23.5 Å².